The van der Waals surface area contributed by atoms with Gasteiger partial charge in [-0.1, -0.05) is 25.7 Å². The molecule has 0 aromatic carbocycles. The number of nitrogens with zero attached hydrogens (tertiary/aromatic N) is 1. The van der Waals surface area contributed by atoms with E-state index in [0.717, 1.165) is 30.6 Å². The van der Waals surface area contributed by atoms with Gasteiger partial charge < -0.3 is 0 Å². The number of sulfonamides is 1. The Kier molecular flexibility index (Phi) is 4.29. The van der Waals surface area contributed by atoms with Crippen LogP contribution in [-0.4, -0.2) is 14.0 Å². The lowest BCUT2D eigenvalue weighted by molar-refractivity contribution is 0.422. The Balaban J connectivity index is 2.24. The summed E-state index contributed by atoms with van der Waals surface area (Å²) in [6.07, 6.45) is 5.16. The SMILES string of the molecule is Cc1ccc(S(=O)(=O)NC2(C#N)CCCCCC2)s1. The predicted octanol–water partition coefficient (Wildman–Crippen LogP) is 2.95. The van der Waals surface area contributed by atoms with Crippen LogP contribution in [0, 0.1) is 18.3 Å². The number of nitrogens with one attached hydrogen (secondary N) is 1. The van der Waals surface area contributed by atoms with E-state index in [4.69, 9.17) is 0 Å². The van der Waals surface area contributed by atoms with E-state index in [1.807, 2.05) is 6.92 Å². The lowest BCUT2D eigenvalue weighted by atomic mass is 9.94. The number of hydrogen-bond acceptors (Lipinski definition) is 4. The van der Waals surface area contributed by atoms with Crippen LogP contribution in [0.2, 0.25) is 0 Å². The molecule has 0 radical (unpaired) electrons. The minimum Gasteiger partial charge on any atom is -0.206 e. The molecule has 0 unspecified atom stereocenters. The van der Waals surface area contributed by atoms with Crippen LogP contribution in [0.4, 0.5) is 0 Å². The molecule has 0 aliphatic heterocycles. The minimum absolute atomic E-state index is 0.295. The lowest BCUT2D eigenvalue weighted by Gasteiger charge is -2.25. The summed E-state index contributed by atoms with van der Waals surface area (Å²) in [7, 11) is -3.58. The zero-order valence-corrected chi connectivity index (χ0v) is 12.6. The van der Waals surface area contributed by atoms with Crippen LogP contribution in [0.1, 0.15) is 43.4 Å². The Bertz CT molecular complexity index is 576. The summed E-state index contributed by atoms with van der Waals surface area (Å²) >= 11 is 1.24. The highest BCUT2D eigenvalue weighted by atomic mass is 32.2. The fraction of sp³-hybridized carbons (Fsp3) is 0.615. The van der Waals surface area contributed by atoms with Gasteiger partial charge in [0, 0.05) is 4.88 Å². The van der Waals surface area contributed by atoms with Crippen molar-refractivity contribution in [2.75, 3.05) is 0 Å². The highest BCUT2D eigenvalue weighted by molar-refractivity contribution is 7.91. The zero-order chi connectivity index (χ0) is 13.9. The molecule has 1 aromatic rings. The van der Waals surface area contributed by atoms with Crippen molar-refractivity contribution in [3.05, 3.63) is 17.0 Å². The van der Waals surface area contributed by atoms with Gasteiger partial charge >= 0.3 is 0 Å². The number of nitriles is 1. The molecule has 6 heteroatoms. The molecule has 1 N–H and O–H groups in total. The fourth-order valence-corrected chi connectivity index (χ4v) is 5.09. The molecule has 1 fully saturated rings. The Labute approximate surface area is 118 Å². The van der Waals surface area contributed by atoms with Crippen molar-refractivity contribution in [2.45, 2.75) is 55.2 Å². The molecule has 0 atom stereocenters. The zero-order valence-electron chi connectivity index (χ0n) is 11.0. The van der Waals surface area contributed by atoms with Gasteiger partial charge in [-0.05, 0) is 31.9 Å². The number of aryl methyl sites for hydroxylation is 1. The molecular weight excluding hydrogens is 280 g/mol. The van der Waals surface area contributed by atoms with E-state index in [0.29, 0.717) is 17.1 Å². The summed E-state index contributed by atoms with van der Waals surface area (Å²) in [6, 6.07) is 5.59. The smallest absolute Gasteiger partial charge is 0.206 e. The molecule has 0 spiro atoms. The monoisotopic (exact) mass is 298 g/mol. The van der Waals surface area contributed by atoms with Crippen molar-refractivity contribution < 1.29 is 8.42 Å². The Morgan fingerprint density at radius 1 is 1.26 bits per heavy atom. The van der Waals surface area contributed by atoms with Gasteiger partial charge in [0.15, 0.2) is 0 Å². The average Bonchev–Trinajstić information content (AvgIpc) is 2.68. The van der Waals surface area contributed by atoms with Gasteiger partial charge in [0.2, 0.25) is 0 Å². The summed E-state index contributed by atoms with van der Waals surface area (Å²) in [5.41, 5.74) is -0.923. The van der Waals surface area contributed by atoms with Crippen molar-refractivity contribution in [2.24, 2.45) is 0 Å². The highest BCUT2D eigenvalue weighted by Crippen LogP contribution is 2.29. The first-order valence-corrected chi connectivity index (χ1v) is 8.79. The van der Waals surface area contributed by atoms with Gasteiger partial charge in [0.05, 0.1) is 6.07 Å². The standard InChI is InChI=1S/C13H18N2O2S2/c1-11-6-7-12(18-11)19(16,17)15-13(10-14)8-4-2-3-5-9-13/h6-7,15H,2-5,8-9H2,1H3. The molecule has 19 heavy (non-hydrogen) atoms. The van der Waals surface area contributed by atoms with Crippen LogP contribution >= 0.6 is 11.3 Å². The quantitative estimate of drug-likeness (QED) is 0.872. The van der Waals surface area contributed by atoms with Crippen LogP contribution < -0.4 is 4.72 Å². The Hall–Kier alpha value is -0.900. The van der Waals surface area contributed by atoms with Crippen LogP contribution in [-0.2, 0) is 10.0 Å². The first kappa shape index (κ1) is 14.5. The highest BCUT2D eigenvalue weighted by Gasteiger charge is 2.36. The summed E-state index contributed by atoms with van der Waals surface area (Å²) < 4.78 is 27.6. The van der Waals surface area contributed by atoms with Gasteiger partial charge in [0.1, 0.15) is 9.75 Å². The lowest BCUT2D eigenvalue weighted by Crippen LogP contribution is -2.46. The maximum Gasteiger partial charge on any atom is 0.251 e. The van der Waals surface area contributed by atoms with Crippen LogP contribution in [0.15, 0.2) is 16.3 Å². The first-order valence-electron chi connectivity index (χ1n) is 6.49. The predicted molar refractivity (Wildman–Crippen MR) is 75.4 cm³/mol. The number of hydrogen-bond donors (Lipinski definition) is 1. The van der Waals surface area contributed by atoms with Gasteiger partial charge in [0.25, 0.3) is 10.0 Å². The van der Waals surface area contributed by atoms with Crippen molar-refractivity contribution in [3.8, 4) is 6.07 Å². The largest absolute Gasteiger partial charge is 0.251 e. The van der Waals surface area contributed by atoms with Gasteiger partial charge in [-0.3, -0.25) is 0 Å². The molecule has 104 valence electrons. The van der Waals surface area contributed by atoms with Crippen LogP contribution in [0.5, 0.6) is 0 Å². The molecule has 4 nitrogen and oxygen atoms in total. The van der Waals surface area contributed by atoms with E-state index in [1.54, 1.807) is 12.1 Å². The van der Waals surface area contributed by atoms with Crippen molar-refractivity contribution in [1.82, 2.24) is 4.72 Å². The Morgan fingerprint density at radius 2 is 1.89 bits per heavy atom. The summed E-state index contributed by atoms with van der Waals surface area (Å²) in [4.78, 5) is 0.951. The second-order valence-electron chi connectivity index (χ2n) is 5.08. The third-order valence-electron chi connectivity index (χ3n) is 3.48. The number of thiophene rings is 1. The van der Waals surface area contributed by atoms with Gasteiger partial charge in [-0.15, -0.1) is 11.3 Å². The second-order valence-corrected chi connectivity index (χ2v) is 8.28. The molecule has 0 bridgehead atoms. The third-order valence-corrected chi connectivity index (χ3v) is 6.51. The molecule has 2 rings (SSSR count). The van der Waals surface area contributed by atoms with E-state index in [-0.39, 0.29) is 0 Å². The molecular formula is C13H18N2O2S2. The molecule has 1 heterocycles. The van der Waals surface area contributed by atoms with E-state index >= 15 is 0 Å². The third kappa shape index (κ3) is 3.35. The van der Waals surface area contributed by atoms with E-state index < -0.39 is 15.6 Å². The minimum atomic E-state index is -3.58. The van der Waals surface area contributed by atoms with E-state index in [1.165, 1.54) is 11.3 Å². The van der Waals surface area contributed by atoms with Gasteiger partial charge in [-0.25, -0.2) is 8.42 Å². The van der Waals surface area contributed by atoms with Gasteiger partial charge in [-0.2, -0.15) is 9.98 Å². The second kappa shape index (κ2) is 5.61. The van der Waals surface area contributed by atoms with Crippen molar-refractivity contribution in [3.63, 3.8) is 0 Å². The molecule has 1 aliphatic carbocycles. The Morgan fingerprint density at radius 3 is 2.37 bits per heavy atom. The van der Waals surface area contributed by atoms with E-state index in [2.05, 4.69) is 10.8 Å². The van der Waals surface area contributed by atoms with Crippen molar-refractivity contribution >= 4 is 21.4 Å². The summed E-state index contributed by atoms with van der Waals surface area (Å²) in [5.74, 6) is 0. The number of rotatable bonds is 3. The molecule has 1 aliphatic rings. The fourth-order valence-electron chi connectivity index (χ4n) is 2.43. The summed E-state index contributed by atoms with van der Waals surface area (Å²) in [5, 5.41) is 9.41. The van der Waals surface area contributed by atoms with E-state index in [9.17, 15) is 13.7 Å². The molecule has 0 amide bonds. The van der Waals surface area contributed by atoms with Crippen LogP contribution in [0.3, 0.4) is 0 Å². The topological polar surface area (TPSA) is 70.0 Å². The molecule has 0 saturated heterocycles. The van der Waals surface area contributed by atoms with Crippen LogP contribution in [0.25, 0.3) is 0 Å². The molecule has 1 aromatic heterocycles. The summed E-state index contributed by atoms with van der Waals surface area (Å²) in [6.45, 7) is 1.87. The first-order chi connectivity index (χ1) is 8.97. The average molecular weight is 298 g/mol. The maximum atomic E-state index is 12.3. The maximum absolute atomic E-state index is 12.3. The molecule has 1 saturated carbocycles. The van der Waals surface area contributed by atoms with Crippen molar-refractivity contribution in [1.29, 1.82) is 5.26 Å². The normalized spacial score (nSPS) is 19.6.